The molecule has 1 aromatic rings. The minimum Gasteiger partial charge on any atom is -0.377 e. The van der Waals surface area contributed by atoms with Gasteiger partial charge in [-0.1, -0.05) is 26.0 Å². The van der Waals surface area contributed by atoms with Crippen molar-refractivity contribution >= 4 is 0 Å². The monoisotopic (exact) mass is 225 g/mol. The van der Waals surface area contributed by atoms with Gasteiger partial charge >= 0.3 is 0 Å². The molecular formula is C13H20FNO. The SMILES string of the molecule is CC(C)CCOCc1ccc(CN)cc1F. The molecule has 3 heteroatoms. The van der Waals surface area contributed by atoms with Crippen LogP contribution in [0.15, 0.2) is 18.2 Å². The summed E-state index contributed by atoms with van der Waals surface area (Å²) in [6.45, 7) is 5.66. The smallest absolute Gasteiger partial charge is 0.129 e. The Balaban J connectivity index is 2.42. The van der Waals surface area contributed by atoms with Crippen molar-refractivity contribution < 1.29 is 9.13 Å². The first-order valence-electron chi connectivity index (χ1n) is 5.68. The second-order valence-corrected chi connectivity index (χ2v) is 4.36. The molecule has 0 spiro atoms. The summed E-state index contributed by atoms with van der Waals surface area (Å²) in [6, 6.07) is 5.05. The number of benzene rings is 1. The highest BCUT2D eigenvalue weighted by Gasteiger charge is 2.03. The van der Waals surface area contributed by atoms with Crippen molar-refractivity contribution in [3.05, 3.63) is 35.1 Å². The van der Waals surface area contributed by atoms with Gasteiger partial charge in [0, 0.05) is 18.7 Å². The van der Waals surface area contributed by atoms with Gasteiger partial charge in [0.15, 0.2) is 0 Å². The van der Waals surface area contributed by atoms with Gasteiger partial charge in [-0.05, 0) is 24.0 Å². The van der Waals surface area contributed by atoms with Crippen LogP contribution in [0.2, 0.25) is 0 Å². The molecule has 0 aromatic heterocycles. The molecule has 2 N–H and O–H groups in total. The number of halogens is 1. The van der Waals surface area contributed by atoms with Crippen LogP contribution in [0.3, 0.4) is 0 Å². The molecule has 16 heavy (non-hydrogen) atoms. The van der Waals surface area contributed by atoms with Crippen LogP contribution in [-0.4, -0.2) is 6.61 Å². The van der Waals surface area contributed by atoms with Crippen LogP contribution in [0.5, 0.6) is 0 Å². The molecule has 2 nitrogen and oxygen atoms in total. The Morgan fingerprint density at radius 1 is 1.38 bits per heavy atom. The number of ether oxygens (including phenoxy) is 1. The number of hydrogen-bond donors (Lipinski definition) is 1. The summed E-state index contributed by atoms with van der Waals surface area (Å²) in [5.74, 6) is 0.386. The minimum absolute atomic E-state index is 0.229. The van der Waals surface area contributed by atoms with Gasteiger partial charge in [-0.2, -0.15) is 0 Å². The molecule has 0 aliphatic rings. The van der Waals surface area contributed by atoms with Crippen molar-refractivity contribution in [1.82, 2.24) is 0 Å². The van der Waals surface area contributed by atoms with E-state index in [0.717, 1.165) is 12.0 Å². The predicted octanol–water partition coefficient (Wildman–Crippen LogP) is 2.85. The Kier molecular flexibility index (Phi) is 5.43. The number of rotatable bonds is 6. The Bertz CT molecular complexity index is 326. The molecule has 0 aliphatic heterocycles. The van der Waals surface area contributed by atoms with Crippen molar-refractivity contribution in [1.29, 1.82) is 0 Å². The fraction of sp³-hybridized carbons (Fsp3) is 0.538. The second kappa shape index (κ2) is 6.61. The molecule has 0 saturated carbocycles. The first-order valence-corrected chi connectivity index (χ1v) is 5.68. The van der Waals surface area contributed by atoms with E-state index in [4.69, 9.17) is 10.5 Å². The fourth-order valence-electron chi connectivity index (χ4n) is 1.34. The zero-order valence-electron chi connectivity index (χ0n) is 10.0. The van der Waals surface area contributed by atoms with Crippen molar-refractivity contribution in [2.45, 2.75) is 33.4 Å². The normalized spacial score (nSPS) is 11.1. The average molecular weight is 225 g/mol. The van der Waals surface area contributed by atoms with E-state index in [1.54, 1.807) is 6.07 Å². The van der Waals surface area contributed by atoms with E-state index in [1.165, 1.54) is 6.07 Å². The Morgan fingerprint density at radius 3 is 2.69 bits per heavy atom. The predicted molar refractivity (Wildman–Crippen MR) is 63.4 cm³/mol. The van der Waals surface area contributed by atoms with Gasteiger partial charge in [0.25, 0.3) is 0 Å². The Labute approximate surface area is 96.6 Å². The molecule has 0 bridgehead atoms. The molecule has 0 atom stereocenters. The standard InChI is InChI=1S/C13H20FNO/c1-10(2)5-6-16-9-12-4-3-11(8-15)7-13(12)14/h3-4,7,10H,5-6,8-9,15H2,1-2H3. The van der Waals surface area contributed by atoms with Gasteiger partial charge < -0.3 is 10.5 Å². The van der Waals surface area contributed by atoms with Gasteiger partial charge in [0.1, 0.15) is 5.82 Å². The van der Waals surface area contributed by atoms with Gasteiger partial charge in [-0.25, -0.2) is 4.39 Å². The quantitative estimate of drug-likeness (QED) is 0.755. The molecule has 0 saturated heterocycles. The summed E-state index contributed by atoms with van der Waals surface area (Å²) < 4.78 is 18.9. The maximum Gasteiger partial charge on any atom is 0.129 e. The van der Waals surface area contributed by atoms with Crippen LogP contribution >= 0.6 is 0 Å². The van der Waals surface area contributed by atoms with E-state index in [9.17, 15) is 4.39 Å². The highest BCUT2D eigenvalue weighted by molar-refractivity contribution is 5.23. The minimum atomic E-state index is -0.229. The highest BCUT2D eigenvalue weighted by atomic mass is 19.1. The van der Waals surface area contributed by atoms with Crippen LogP contribution in [0.4, 0.5) is 4.39 Å². The molecule has 0 fully saturated rings. The Hall–Kier alpha value is -0.930. The number of nitrogens with two attached hydrogens (primary N) is 1. The van der Waals surface area contributed by atoms with Gasteiger partial charge in [0.2, 0.25) is 0 Å². The van der Waals surface area contributed by atoms with Crippen LogP contribution in [-0.2, 0) is 17.9 Å². The van der Waals surface area contributed by atoms with Crippen molar-refractivity contribution in [3.63, 3.8) is 0 Å². The zero-order chi connectivity index (χ0) is 12.0. The van der Waals surface area contributed by atoms with E-state index in [1.807, 2.05) is 6.07 Å². The first kappa shape index (κ1) is 13.1. The molecular weight excluding hydrogens is 205 g/mol. The lowest BCUT2D eigenvalue weighted by Gasteiger charge is -2.08. The molecule has 0 amide bonds. The summed E-state index contributed by atoms with van der Waals surface area (Å²) in [5.41, 5.74) is 6.83. The fourth-order valence-corrected chi connectivity index (χ4v) is 1.34. The van der Waals surface area contributed by atoms with E-state index in [0.29, 0.717) is 31.2 Å². The van der Waals surface area contributed by atoms with Crippen molar-refractivity contribution in [3.8, 4) is 0 Å². The maximum atomic E-state index is 13.5. The van der Waals surface area contributed by atoms with E-state index >= 15 is 0 Å². The third-order valence-corrected chi connectivity index (χ3v) is 2.45. The van der Waals surface area contributed by atoms with E-state index in [2.05, 4.69) is 13.8 Å². The lowest BCUT2D eigenvalue weighted by molar-refractivity contribution is 0.108. The number of hydrogen-bond acceptors (Lipinski definition) is 2. The molecule has 0 heterocycles. The maximum absolute atomic E-state index is 13.5. The topological polar surface area (TPSA) is 35.2 Å². The summed E-state index contributed by atoms with van der Waals surface area (Å²) in [5, 5.41) is 0. The summed E-state index contributed by atoms with van der Waals surface area (Å²) in [4.78, 5) is 0. The van der Waals surface area contributed by atoms with Gasteiger partial charge in [0.05, 0.1) is 6.61 Å². The molecule has 0 radical (unpaired) electrons. The molecule has 0 unspecified atom stereocenters. The largest absolute Gasteiger partial charge is 0.377 e. The van der Waals surface area contributed by atoms with Crippen molar-refractivity contribution in [2.24, 2.45) is 11.7 Å². The average Bonchev–Trinajstić information content (AvgIpc) is 2.25. The van der Waals surface area contributed by atoms with Crippen LogP contribution in [0.25, 0.3) is 0 Å². The molecule has 90 valence electrons. The van der Waals surface area contributed by atoms with E-state index < -0.39 is 0 Å². The highest BCUT2D eigenvalue weighted by Crippen LogP contribution is 2.12. The lowest BCUT2D eigenvalue weighted by Crippen LogP contribution is -2.02. The third-order valence-electron chi connectivity index (χ3n) is 2.45. The van der Waals surface area contributed by atoms with Crippen LogP contribution in [0.1, 0.15) is 31.4 Å². The van der Waals surface area contributed by atoms with Crippen LogP contribution in [0, 0.1) is 11.7 Å². The third kappa shape index (κ3) is 4.29. The lowest BCUT2D eigenvalue weighted by atomic mass is 10.1. The molecule has 0 aliphatic carbocycles. The second-order valence-electron chi connectivity index (χ2n) is 4.36. The van der Waals surface area contributed by atoms with Crippen LogP contribution < -0.4 is 5.73 Å². The summed E-state index contributed by atoms with van der Waals surface area (Å²) >= 11 is 0. The molecule has 1 aromatic carbocycles. The van der Waals surface area contributed by atoms with E-state index in [-0.39, 0.29) is 5.82 Å². The zero-order valence-corrected chi connectivity index (χ0v) is 10.0. The van der Waals surface area contributed by atoms with Crippen molar-refractivity contribution in [2.75, 3.05) is 6.61 Å². The summed E-state index contributed by atoms with van der Waals surface area (Å²) in [7, 11) is 0. The molecule has 1 rings (SSSR count). The van der Waals surface area contributed by atoms with Gasteiger partial charge in [-0.3, -0.25) is 0 Å². The van der Waals surface area contributed by atoms with Gasteiger partial charge in [-0.15, -0.1) is 0 Å². The first-order chi connectivity index (χ1) is 7.63. The summed E-state index contributed by atoms with van der Waals surface area (Å²) in [6.07, 6.45) is 1.00. The Morgan fingerprint density at radius 2 is 2.12 bits per heavy atom.